The quantitative estimate of drug-likeness (QED) is 0.746. The monoisotopic (exact) mass is 259 g/mol. The molecule has 1 aromatic rings. The van der Waals surface area contributed by atoms with Gasteiger partial charge in [-0.15, -0.1) is 0 Å². The summed E-state index contributed by atoms with van der Waals surface area (Å²) in [5.41, 5.74) is 3.22. The molecular weight excluding hydrogens is 234 g/mol. The molecule has 0 spiro atoms. The Morgan fingerprint density at radius 1 is 1.16 bits per heavy atom. The predicted molar refractivity (Wildman–Crippen MR) is 80.8 cm³/mol. The van der Waals surface area contributed by atoms with Crippen molar-refractivity contribution in [3.8, 4) is 0 Å². The minimum Gasteiger partial charge on any atom is -0.309 e. The summed E-state index contributed by atoms with van der Waals surface area (Å²) in [6.07, 6.45) is 0. The Balaban J connectivity index is 2.64. The second kappa shape index (κ2) is 4.09. The van der Waals surface area contributed by atoms with E-state index in [1.807, 2.05) is 18.7 Å². The molecule has 0 saturated heterocycles. The summed E-state index contributed by atoms with van der Waals surface area (Å²) in [5, 5.41) is 0. The van der Waals surface area contributed by atoms with Crippen LogP contribution in [0.4, 0.5) is 5.69 Å². The van der Waals surface area contributed by atoms with E-state index < -0.39 is 5.41 Å². The third kappa shape index (κ3) is 2.07. The molecule has 0 saturated carbocycles. The van der Waals surface area contributed by atoms with E-state index in [-0.39, 0.29) is 17.4 Å². The molecule has 1 aliphatic heterocycles. The Labute approximate surface area is 116 Å². The fourth-order valence-electron chi connectivity index (χ4n) is 2.76. The number of anilines is 1. The van der Waals surface area contributed by atoms with Gasteiger partial charge in [0.15, 0.2) is 0 Å². The summed E-state index contributed by atoms with van der Waals surface area (Å²) in [7, 11) is 0. The maximum Gasteiger partial charge on any atom is 0.237 e. The molecule has 1 aromatic carbocycles. The Bertz CT molecular complexity index is 521. The first-order valence-corrected chi connectivity index (χ1v) is 7.05. The van der Waals surface area contributed by atoms with Crippen LogP contribution in [0.1, 0.15) is 59.6 Å². The number of amides is 1. The van der Waals surface area contributed by atoms with Crippen LogP contribution in [-0.2, 0) is 15.6 Å². The van der Waals surface area contributed by atoms with Gasteiger partial charge in [0.1, 0.15) is 0 Å². The molecule has 2 heteroatoms. The van der Waals surface area contributed by atoms with Gasteiger partial charge in [-0.2, -0.15) is 0 Å². The van der Waals surface area contributed by atoms with Crippen molar-refractivity contribution in [2.75, 3.05) is 4.90 Å². The lowest BCUT2D eigenvalue weighted by atomic mass is 9.82. The van der Waals surface area contributed by atoms with Crippen LogP contribution in [0.25, 0.3) is 0 Å². The van der Waals surface area contributed by atoms with Gasteiger partial charge in [0.25, 0.3) is 0 Å². The Hall–Kier alpha value is -1.31. The summed E-state index contributed by atoms with van der Waals surface area (Å²) >= 11 is 0. The molecule has 104 valence electrons. The van der Waals surface area contributed by atoms with Crippen molar-refractivity contribution in [2.45, 2.75) is 65.3 Å². The van der Waals surface area contributed by atoms with Gasteiger partial charge in [-0.05, 0) is 50.3 Å². The summed E-state index contributed by atoms with van der Waals surface area (Å²) in [5.74, 6) is 0.212. The van der Waals surface area contributed by atoms with E-state index in [1.165, 1.54) is 5.56 Å². The van der Waals surface area contributed by atoms with Crippen molar-refractivity contribution >= 4 is 11.6 Å². The van der Waals surface area contributed by atoms with Crippen LogP contribution >= 0.6 is 0 Å². The molecule has 0 unspecified atom stereocenters. The zero-order chi connectivity index (χ0) is 14.6. The van der Waals surface area contributed by atoms with Crippen molar-refractivity contribution in [1.29, 1.82) is 0 Å². The molecule has 0 radical (unpaired) electrons. The normalized spacial score (nSPS) is 18.1. The number of rotatable bonds is 1. The summed E-state index contributed by atoms with van der Waals surface area (Å²) in [4.78, 5) is 14.6. The van der Waals surface area contributed by atoms with Crippen LogP contribution in [-0.4, -0.2) is 11.9 Å². The second-order valence-corrected chi connectivity index (χ2v) is 7.38. The molecule has 19 heavy (non-hydrogen) atoms. The predicted octanol–water partition coefficient (Wildman–Crippen LogP) is 4.02. The van der Waals surface area contributed by atoms with E-state index in [0.717, 1.165) is 11.3 Å². The van der Waals surface area contributed by atoms with Gasteiger partial charge >= 0.3 is 0 Å². The van der Waals surface area contributed by atoms with Gasteiger partial charge in [0.2, 0.25) is 5.91 Å². The van der Waals surface area contributed by atoms with Crippen LogP contribution in [0.2, 0.25) is 0 Å². The van der Waals surface area contributed by atoms with E-state index in [9.17, 15) is 4.79 Å². The third-order valence-corrected chi connectivity index (χ3v) is 4.07. The molecule has 0 aliphatic carbocycles. The topological polar surface area (TPSA) is 20.3 Å². The minimum absolute atomic E-state index is 0.105. The second-order valence-electron chi connectivity index (χ2n) is 7.38. The molecule has 0 aromatic heterocycles. The van der Waals surface area contributed by atoms with Crippen molar-refractivity contribution in [1.82, 2.24) is 0 Å². The molecule has 0 bridgehead atoms. The number of carbonyl (C=O) groups excluding carboxylic acids is 1. The first-order chi connectivity index (χ1) is 8.56. The van der Waals surface area contributed by atoms with Crippen LogP contribution in [0, 0.1) is 0 Å². The molecule has 0 fully saturated rings. The molecule has 1 aliphatic rings. The van der Waals surface area contributed by atoms with Crippen molar-refractivity contribution in [2.24, 2.45) is 0 Å². The van der Waals surface area contributed by atoms with Crippen molar-refractivity contribution < 1.29 is 4.79 Å². The molecule has 0 atom stereocenters. The lowest BCUT2D eigenvalue weighted by molar-refractivity contribution is -0.122. The third-order valence-electron chi connectivity index (χ3n) is 4.07. The van der Waals surface area contributed by atoms with Gasteiger partial charge in [-0.25, -0.2) is 0 Å². The molecule has 1 amide bonds. The van der Waals surface area contributed by atoms with Crippen LogP contribution < -0.4 is 4.90 Å². The molecule has 2 nitrogen and oxygen atoms in total. The summed E-state index contributed by atoms with van der Waals surface area (Å²) < 4.78 is 0. The number of hydrogen-bond donors (Lipinski definition) is 0. The fourth-order valence-corrected chi connectivity index (χ4v) is 2.76. The van der Waals surface area contributed by atoms with Crippen molar-refractivity contribution in [3.63, 3.8) is 0 Å². The zero-order valence-corrected chi connectivity index (χ0v) is 13.2. The van der Waals surface area contributed by atoms with Crippen molar-refractivity contribution in [3.05, 3.63) is 29.3 Å². The molecule has 0 N–H and O–H groups in total. The Kier molecular flexibility index (Phi) is 3.04. The van der Waals surface area contributed by atoms with Gasteiger partial charge in [-0.3, -0.25) is 4.79 Å². The molecule has 2 rings (SSSR count). The number of benzene rings is 1. The number of hydrogen-bond acceptors (Lipinski definition) is 1. The lowest BCUT2D eigenvalue weighted by Crippen LogP contribution is -2.40. The van der Waals surface area contributed by atoms with Gasteiger partial charge in [-0.1, -0.05) is 32.9 Å². The Morgan fingerprint density at radius 3 is 2.21 bits per heavy atom. The number of carbonyl (C=O) groups is 1. The van der Waals surface area contributed by atoms with Gasteiger partial charge < -0.3 is 4.90 Å². The number of nitrogens with zero attached hydrogens (tertiary/aromatic N) is 1. The van der Waals surface area contributed by atoms with Gasteiger partial charge in [0, 0.05) is 11.7 Å². The van der Waals surface area contributed by atoms with E-state index >= 15 is 0 Å². The average Bonchev–Trinajstić information content (AvgIpc) is 2.46. The largest absolute Gasteiger partial charge is 0.309 e. The van der Waals surface area contributed by atoms with E-state index in [1.54, 1.807) is 0 Å². The molecular formula is C17H25NO. The van der Waals surface area contributed by atoms with E-state index in [4.69, 9.17) is 0 Å². The highest BCUT2D eigenvalue weighted by Crippen LogP contribution is 2.44. The van der Waals surface area contributed by atoms with Gasteiger partial charge in [0.05, 0.1) is 5.41 Å². The minimum atomic E-state index is -0.407. The lowest BCUT2D eigenvalue weighted by Gasteiger charge is -2.25. The summed E-state index contributed by atoms with van der Waals surface area (Å²) in [6, 6.07) is 6.69. The SMILES string of the molecule is CC(C)N1C(=O)C(C)(C)c2ccc(C(C)(C)C)cc21. The van der Waals surface area contributed by atoms with E-state index in [2.05, 4.69) is 52.8 Å². The Morgan fingerprint density at radius 2 is 1.74 bits per heavy atom. The highest BCUT2D eigenvalue weighted by atomic mass is 16.2. The molecule has 1 heterocycles. The van der Waals surface area contributed by atoms with Crippen LogP contribution in [0.5, 0.6) is 0 Å². The summed E-state index contributed by atoms with van der Waals surface area (Å²) in [6.45, 7) is 14.8. The number of fused-ring (bicyclic) bond motifs is 1. The maximum atomic E-state index is 12.6. The first-order valence-electron chi connectivity index (χ1n) is 7.05. The zero-order valence-electron chi connectivity index (χ0n) is 13.2. The van der Waals surface area contributed by atoms with E-state index in [0.29, 0.717) is 0 Å². The maximum absolute atomic E-state index is 12.6. The average molecular weight is 259 g/mol. The first kappa shape index (κ1) is 14.1. The fraction of sp³-hybridized carbons (Fsp3) is 0.588. The highest BCUT2D eigenvalue weighted by Gasteiger charge is 2.44. The standard InChI is InChI=1S/C17H25NO/c1-11(2)18-14-10-12(16(3,4)5)8-9-13(14)17(6,7)15(18)19/h8-11H,1-7H3. The highest BCUT2D eigenvalue weighted by molar-refractivity contribution is 6.08. The smallest absolute Gasteiger partial charge is 0.237 e. The van der Waals surface area contributed by atoms with Crippen LogP contribution in [0.15, 0.2) is 18.2 Å². The van der Waals surface area contributed by atoms with Crippen LogP contribution in [0.3, 0.4) is 0 Å².